The Morgan fingerprint density at radius 1 is 1.11 bits per heavy atom. The molecular formula is C21H19BrN2O2S. The molecule has 0 aliphatic heterocycles. The van der Waals surface area contributed by atoms with Gasteiger partial charge in [-0.1, -0.05) is 46.3 Å². The van der Waals surface area contributed by atoms with Crippen molar-refractivity contribution < 1.29 is 9.59 Å². The summed E-state index contributed by atoms with van der Waals surface area (Å²) in [6, 6.07) is 17.4. The molecule has 1 heterocycles. The molecule has 0 bridgehead atoms. The van der Waals surface area contributed by atoms with Gasteiger partial charge in [-0.05, 0) is 47.7 Å². The minimum atomic E-state index is -0.228. The number of benzene rings is 2. The van der Waals surface area contributed by atoms with E-state index in [9.17, 15) is 9.59 Å². The van der Waals surface area contributed by atoms with Crippen LogP contribution in [0, 0.1) is 6.92 Å². The maximum absolute atomic E-state index is 12.8. The first-order valence-electron chi connectivity index (χ1n) is 8.40. The number of amides is 2. The van der Waals surface area contributed by atoms with Crippen molar-refractivity contribution in [2.75, 3.05) is 18.9 Å². The van der Waals surface area contributed by atoms with Gasteiger partial charge in [0.15, 0.2) is 0 Å². The molecule has 2 amide bonds. The Labute approximate surface area is 171 Å². The number of hydrogen-bond acceptors (Lipinski definition) is 3. The SMILES string of the molecule is Cc1cc(Br)ccc1NC(=O)CN(C)C(=O)c1sccc1-c1ccccc1. The third-order valence-electron chi connectivity index (χ3n) is 4.13. The van der Waals surface area contributed by atoms with Gasteiger partial charge in [-0.15, -0.1) is 11.3 Å². The summed E-state index contributed by atoms with van der Waals surface area (Å²) in [7, 11) is 1.64. The van der Waals surface area contributed by atoms with Gasteiger partial charge in [0, 0.05) is 22.8 Å². The van der Waals surface area contributed by atoms with E-state index in [0.29, 0.717) is 4.88 Å². The molecule has 3 aromatic rings. The monoisotopic (exact) mass is 442 g/mol. The molecule has 0 aliphatic carbocycles. The van der Waals surface area contributed by atoms with Crippen molar-refractivity contribution in [3.05, 3.63) is 74.9 Å². The van der Waals surface area contributed by atoms with Gasteiger partial charge in [-0.3, -0.25) is 9.59 Å². The third-order valence-corrected chi connectivity index (χ3v) is 5.53. The molecule has 1 N–H and O–H groups in total. The first kappa shape index (κ1) is 19.3. The van der Waals surface area contributed by atoms with Crippen LogP contribution >= 0.6 is 27.3 Å². The van der Waals surface area contributed by atoms with E-state index >= 15 is 0 Å². The number of likely N-dealkylation sites (N-methyl/N-ethyl adjacent to an activating group) is 1. The van der Waals surface area contributed by atoms with Gasteiger partial charge in [0.2, 0.25) is 5.91 Å². The van der Waals surface area contributed by atoms with Crippen LogP contribution in [0.5, 0.6) is 0 Å². The highest BCUT2D eigenvalue weighted by atomic mass is 79.9. The van der Waals surface area contributed by atoms with Crippen LogP contribution < -0.4 is 5.32 Å². The van der Waals surface area contributed by atoms with Gasteiger partial charge in [0.25, 0.3) is 5.91 Å². The number of nitrogens with one attached hydrogen (secondary N) is 1. The van der Waals surface area contributed by atoms with Crippen LogP contribution in [0.3, 0.4) is 0 Å². The highest BCUT2D eigenvalue weighted by Crippen LogP contribution is 2.29. The van der Waals surface area contributed by atoms with E-state index in [1.807, 2.05) is 66.9 Å². The maximum Gasteiger partial charge on any atom is 0.264 e. The Morgan fingerprint density at radius 2 is 1.85 bits per heavy atom. The third kappa shape index (κ3) is 4.64. The standard InChI is InChI=1S/C21H19BrN2O2S/c1-14-12-16(22)8-9-18(14)23-19(25)13-24(2)21(26)20-17(10-11-27-20)15-6-4-3-5-7-15/h3-12H,13H2,1-2H3,(H,23,25). The summed E-state index contributed by atoms with van der Waals surface area (Å²) in [5.41, 5.74) is 3.58. The molecule has 0 saturated carbocycles. The summed E-state index contributed by atoms with van der Waals surface area (Å²) in [6.07, 6.45) is 0. The number of anilines is 1. The summed E-state index contributed by atoms with van der Waals surface area (Å²) >= 11 is 4.79. The van der Waals surface area contributed by atoms with Crippen molar-refractivity contribution in [3.63, 3.8) is 0 Å². The second-order valence-corrected chi connectivity index (χ2v) is 8.03. The van der Waals surface area contributed by atoms with Crippen LogP contribution in [0.4, 0.5) is 5.69 Å². The van der Waals surface area contributed by atoms with Crippen LogP contribution in [0.25, 0.3) is 11.1 Å². The fourth-order valence-corrected chi connectivity index (χ4v) is 4.12. The summed E-state index contributed by atoms with van der Waals surface area (Å²) in [6.45, 7) is 1.91. The van der Waals surface area contributed by atoms with E-state index in [1.54, 1.807) is 7.05 Å². The lowest BCUT2D eigenvalue weighted by Gasteiger charge is -2.17. The highest BCUT2D eigenvalue weighted by Gasteiger charge is 2.20. The minimum absolute atomic E-state index is 0.0134. The fourth-order valence-electron chi connectivity index (χ4n) is 2.74. The lowest BCUT2D eigenvalue weighted by atomic mass is 10.1. The first-order valence-corrected chi connectivity index (χ1v) is 10.1. The van der Waals surface area contributed by atoms with E-state index in [-0.39, 0.29) is 18.4 Å². The second kappa shape index (κ2) is 8.50. The molecule has 138 valence electrons. The van der Waals surface area contributed by atoms with E-state index in [1.165, 1.54) is 16.2 Å². The second-order valence-electron chi connectivity index (χ2n) is 6.20. The van der Waals surface area contributed by atoms with Crippen molar-refractivity contribution in [1.29, 1.82) is 0 Å². The molecule has 0 unspecified atom stereocenters. The predicted molar refractivity (Wildman–Crippen MR) is 114 cm³/mol. The topological polar surface area (TPSA) is 49.4 Å². The van der Waals surface area contributed by atoms with Gasteiger partial charge < -0.3 is 10.2 Å². The lowest BCUT2D eigenvalue weighted by Crippen LogP contribution is -2.34. The van der Waals surface area contributed by atoms with Crippen LogP contribution in [0.1, 0.15) is 15.2 Å². The number of aryl methyl sites for hydroxylation is 1. The predicted octanol–water partition coefficient (Wildman–Crippen LogP) is 5.20. The molecule has 3 rings (SSSR count). The van der Waals surface area contributed by atoms with E-state index in [4.69, 9.17) is 0 Å². The summed E-state index contributed by atoms with van der Waals surface area (Å²) < 4.78 is 0.955. The molecular weight excluding hydrogens is 424 g/mol. The number of halogens is 1. The highest BCUT2D eigenvalue weighted by molar-refractivity contribution is 9.10. The van der Waals surface area contributed by atoms with Gasteiger partial charge >= 0.3 is 0 Å². The number of thiophene rings is 1. The molecule has 27 heavy (non-hydrogen) atoms. The van der Waals surface area contributed by atoms with Crippen LogP contribution in [-0.2, 0) is 4.79 Å². The Hall–Kier alpha value is -2.44. The van der Waals surface area contributed by atoms with E-state index in [0.717, 1.165) is 26.9 Å². The largest absolute Gasteiger partial charge is 0.332 e. The lowest BCUT2D eigenvalue weighted by molar-refractivity contribution is -0.116. The Bertz CT molecular complexity index is 969. The van der Waals surface area contributed by atoms with E-state index < -0.39 is 0 Å². The number of hydrogen-bond donors (Lipinski definition) is 1. The number of nitrogens with zero attached hydrogens (tertiary/aromatic N) is 1. The number of carbonyl (C=O) groups excluding carboxylic acids is 2. The molecule has 0 saturated heterocycles. The summed E-state index contributed by atoms with van der Waals surface area (Å²) in [4.78, 5) is 27.3. The quantitative estimate of drug-likeness (QED) is 0.590. The Morgan fingerprint density at radius 3 is 2.56 bits per heavy atom. The molecule has 0 radical (unpaired) electrons. The molecule has 6 heteroatoms. The van der Waals surface area contributed by atoms with Gasteiger partial charge in [-0.25, -0.2) is 0 Å². The molecule has 0 aliphatic rings. The zero-order chi connectivity index (χ0) is 19.4. The van der Waals surface area contributed by atoms with Crippen molar-refractivity contribution >= 4 is 44.8 Å². The van der Waals surface area contributed by atoms with Gasteiger partial charge in [0.05, 0.1) is 11.4 Å². The Kier molecular flexibility index (Phi) is 6.08. The first-order chi connectivity index (χ1) is 13.0. The molecule has 1 aromatic heterocycles. The van der Waals surface area contributed by atoms with E-state index in [2.05, 4.69) is 21.2 Å². The molecule has 4 nitrogen and oxygen atoms in total. The molecule has 2 aromatic carbocycles. The van der Waals surface area contributed by atoms with Gasteiger partial charge in [-0.2, -0.15) is 0 Å². The minimum Gasteiger partial charge on any atom is -0.332 e. The normalized spacial score (nSPS) is 10.5. The fraction of sp³-hybridized carbons (Fsp3) is 0.143. The zero-order valence-corrected chi connectivity index (χ0v) is 17.4. The van der Waals surface area contributed by atoms with Crippen LogP contribution in [0.2, 0.25) is 0 Å². The summed E-state index contributed by atoms with van der Waals surface area (Å²) in [5.74, 6) is -0.388. The molecule has 0 fully saturated rings. The molecule has 0 spiro atoms. The van der Waals surface area contributed by atoms with Crippen molar-refractivity contribution in [3.8, 4) is 11.1 Å². The van der Waals surface area contributed by atoms with Crippen LogP contribution in [-0.4, -0.2) is 30.3 Å². The average molecular weight is 443 g/mol. The average Bonchev–Trinajstić information content (AvgIpc) is 3.14. The van der Waals surface area contributed by atoms with Crippen molar-refractivity contribution in [2.45, 2.75) is 6.92 Å². The molecule has 0 atom stereocenters. The van der Waals surface area contributed by atoms with Crippen molar-refractivity contribution in [2.24, 2.45) is 0 Å². The zero-order valence-electron chi connectivity index (χ0n) is 15.0. The van der Waals surface area contributed by atoms with Gasteiger partial charge in [0.1, 0.15) is 0 Å². The summed E-state index contributed by atoms with van der Waals surface area (Å²) in [5, 5.41) is 4.76. The Balaban J connectivity index is 1.70. The smallest absolute Gasteiger partial charge is 0.264 e. The van der Waals surface area contributed by atoms with Crippen molar-refractivity contribution in [1.82, 2.24) is 4.90 Å². The number of carbonyl (C=O) groups is 2. The maximum atomic E-state index is 12.8. The van der Waals surface area contributed by atoms with Crippen LogP contribution in [0.15, 0.2) is 64.5 Å². The number of rotatable bonds is 5.